The number of allylic oxidation sites excluding steroid dienone is 3. The van der Waals surface area contributed by atoms with Crippen molar-refractivity contribution in [1.29, 1.82) is 0 Å². The second kappa shape index (κ2) is 10.7. The second-order valence-electron chi connectivity index (χ2n) is 13.9. The zero-order valence-corrected chi connectivity index (χ0v) is 27.3. The van der Waals surface area contributed by atoms with Gasteiger partial charge in [0.05, 0.1) is 0 Å². The van der Waals surface area contributed by atoms with E-state index in [0.717, 1.165) is 23.5 Å². The highest BCUT2D eigenvalue weighted by Crippen LogP contribution is 2.53. The average Bonchev–Trinajstić information content (AvgIpc) is 3.76. The first-order chi connectivity index (χ1) is 24.7. The Labute approximate surface area is 290 Å². The molecule has 3 unspecified atom stereocenters. The summed E-state index contributed by atoms with van der Waals surface area (Å²) >= 11 is 0. The van der Waals surface area contributed by atoms with E-state index in [4.69, 9.17) is 9.15 Å². The molecule has 3 aliphatic rings. The molecule has 50 heavy (non-hydrogen) atoms. The lowest BCUT2D eigenvalue weighted by atomic mass is 9.83. The summed E-state index contributed by atoms with van der Waals surface area (Å²) < 4.78 is 13.8. The summed E-state index contributed by atoms with van der Waals surface area (Å²) in [5.74, 6) is 2.32. The van der Waals surface area contributed by atoms with Gasteiger partial charge >= 0.3 is 0 Å². The van der Waals surface area contributed by atoms with Crippen molar-refractivity contribution >= 4 is 54.9 Å². The van der Waals surface area contributed by atoms with Crippen molar-refractivity contribution in [2.45, 2.75) is 24.4 Å². The van der Waals surface area contributed by atoms with Crippen molar-refractivity contribution in [3.8, 4) is 16.9 Å². The van der Waals surface area contributed by atoms with Crippen molar-refractivity contribution in [2.24, 2.45) is 0 Å². The van der Waals surface area contributed by atoms with E-state index < -0.39 is 0 Å². The lowest BCUT2D eigenvalue weighted by molar-refractivity contribution is 0.269. The second-order valence-corrected chi connectivity index (χ2v) is 13.9. The average molecular weight is 641 g/mol. The SMILES string of the molecule is C1=CC2c3c(c4oc5c(c4c4ccccc34)C=CC(c3ccc4ccccc4c3)C5)OC2C=C1c1ccc(-c2ccc3ccccc3c2)cc1. The van der Waals surface area contributed by atoms with Crippen molar-refractivity contribution in [1.82, 2.24) is 0 Å². The van der Waals surface area contributed by atoms with Crippen molar-refractivity contribution in [3.63, 3.8) is 0 Å². The Hall–Kier alpha value is -6.12. The van der Waals surface area contributed by atoms with Gasteiger partial charge in [0.25, 0.3) is 0 Å². The van der Waals surface area contributed by atoms with E-state index in [2.05, 4.69) is 164 Å². The maximum Gasteiger partial charge on any atom is 0.177 e. The number of ether oxygens (including phenoxy) is 1. The van der Waals surface area contributed by atoms with E-state index in [1.807, 2.05) is 0 Å². The van der Waals surface area contributed by atoms with Crippen LogP contribution in [0.3, 0.4) is 0 Å². The summed E-state index contributed by atoms with van der Waals surface area (Å²) in [6.07, 6.45) is 12.3. The van der Waals surface area contributed by atoms with Crippen LogP contribution in [0.2, 0.25) is 0 Å². The largest absolute Gasteiger partial charge is 0.481 e. The van der Waals surface area contributed by atoms with Crippen LogP contribution >= 0.6 is 0 Å². The van der Waals surface area contributed by atoms with Crippen LogP contribution in [0.4, 0.5) is 0 Å². The quantitative estimate of drug-likeness (QED) is 0.192. The molecule has 2 heterocycles. The molecule has 0 N–H and O–H groups in total. The molecule has 236 valence electrons. The third-order valence-electron chi connectivity index (χ3n) is 11.1. The molecule has 2 heteroatoms. The lowest BCUT2D eigenvalue weighted by Crippen LogP contribution is -2.17. The fraction of sp³-hybridized carbons (Fsp3) is 0.0833. The molecule has 0 radical (unpaired) electrons. The number of hydrogen-bond donors (Lipinski definition) is 0. The molecular weight excluding hydrogens is 609 g/mol. The summed E-state index contributed by atoms with van der Waals surface area (Å²) in [7, 11) is 0. The Morgan fingerprint density at radius 2 is 1.24 bits per heavy atom. The van der Waals surface area contributed by atoms with Gasteiger partial charge in [0.1, 0.15) is 11.9 Å². The van der Waals surface area contributed by atoms with Gasteiger partial charge in [-0.05, 0) is 72.3 Å². The highest BCUT2D eigenvalue weighted by atomic mass is 16.5. The monoisotopic (exact) mass is 640 g/mol. The van der Waals surface area contributed by atoms with Gasteiger partial charge in [0.2, 0.25) is 0 Å². The predicted octanol–water partition coefficient (Wildman–Crippen LogP) is 12.4. The van der Waals surface area contributed by atoms with Gasteiger partial charge in [-0.15, -0.1) is 0 Å². The Morgan fingerprint density at radius 3 is 2.06 bits per heavy atom. The van der Waals surface area contributed by atoms with Crippen LogP contribution in [-0.4, -0.2) is 6.10 Å². The fourth-order valence-electron chi connectivity index (χ4n) is 8.60. The maximum absolute atomic E-state index is 6.91. The number of benzene rings is 7. The predicted molar refractivity (Wildman–Crippen MR) is 207 cm³/mol. The van der Waals surface area contributed by atoms with E-state index in [1.165, 1.54) is 76.7 Å². The molecule has 8 aromatic rings. The smallest absolute Gasteiger partial charge is 0.177 e. The number of furan rings is 1. The van der Waals surface area contributed by atoms with Gasteiger partial charge in [0.15, 0.2) is 11.3 Å². The summed E-state index contributed by atoms with van der Waals surface area (Å²) in [6.45, 7) is 0. The van der Waals surface area contributed by atoms with E-state index in [1.54, 1.807) is 0 Å². The molecule has 0 saturated heterocycles. The molecule has 1 aromatic heterocycles. The van der Waals surface area contributed by atoms with Crippen LogP contribution < -0.4 is 4.74 Å². The van der Waals surface area contributed by atoms with E-state index in [0.29, 0.717) is 0 Å². The Balaban J connectivity index is 0.945. The molecular formula is C48H32O2. The summed E-state index contributed by atoms with van der Waals surface area (Å²) in [6, 6.07) is 48.3. The molecule has 0 bridgehead atoms. The summed E-state index contributed by atoms with van der Waals surface area (Å²) in [4.78, 5) is 0. The van der Waals surface area contributed by atoms with E-state index >= 15 is 0 Å². The molecule has 2 nitrogen and oxygen atoms in total. The first-order valence-corrected chi connectivity index (χ1v) is 17.6. The minimum Gasteiger partial charge on any atom is -0.481 e. The Bertz CT molecular complexity index is 2770. The standard InChI is InChI=1S/C48H32O2/c1-3-9-33-25-35(19-17-29(33)7-1)31-13-15-32(16-14-31)37-21-23-41-43(27-37)49-47-45(41)39-11-5-6-12-40(39)46-42-24-22-38(28-44(42)50-48(46)47)36-20-18-30-8-2-4-10-34(30)26-36/h1-27,38,41,43H,28H2. The first-order valence-electron chi connectivity index (χ1n) is 17.6. The van der Waals surface area contributed by atoms with E-state index in [9.17, 15) is 0 Å². The van der Waals surface area contributed by atoms with Crippen LogP contribution in [0.5, 0.6) is 5.75 Å². The minimum absolute atomic E-state index is 0.0952. The molecule has 0 spiro atoms. The molecule has 1 aliphatic heterocycles. The molecule has 7 aromatic carbocycles. The normalized spacial score (nSPS) is 19.0. The molecule has 0 saturated carbocycles. The first kappa shape index (κ1) is 27.8. The van der Waals surface area contributed by atoms with Gasteiger partial charge in [-0.25, -0.2) is 0 Å². The third kappa shape index (κ3) is 4.21. The minimum atomic E-state index is -0.0952. The van der Waals surface area contributed by atoms with Crippen LogP contribution in [0, 0.1) is 0 Å². The lowest BCUT2D eigenvalue weighted by Gasteiger charge is -2.19. The Morgan fingerprint density at radius 1 is 0.560 bits per heavy atom. The van der Waals surface area contributed by atoms with Gasteiger partial charge < -0.3 is 9.15 Å². The molecule has 0 fully saturated rings. The van der Waals surface area contributed by atoms with Crippen molar-refractivity contribution in [2.75, 3.05) is 0 Å². The third-order valence-corrected chi connectivity index (χ3v) is 11.1. The van der Waals surface area contributed by atoms with Crippen LogP contribution in [0.1, 0.15) is 39.8 Å². The zero-order chi connectivity index (χ0) is 32.8. The Kier molecular flexibility index (Phi) is 5.94. The highest BCUT2D eigenvalue weighted by Gasteiger charge is 2.39. The van der Waals surface area contributed by atoms with Gasteiger partial charge in [-0.2, -0.15) is 0 Å². The highest BCUT2D eigenvalue weighted by molar-refractivity contribution is 6.15. The number of hydrogen-bond acceptors (Lipinski definition) is 2. The summed E-state index contributed by atoms with van der Waals surface area (Å²) in [5, 5.41) is 8.71. The summed E-state index contributed by atoms with van der Waals surface area (Å²) in [5.41, 5.74) is 9.44. The van der Waals surface area contributed by atoms with E-state index in [-0.39, 0.29) is 17.9 Å². The fourth-order valence-corrected chi connectivity index (χ4v) is 8.60. The van der Waals surface area contributed by atoms with Gasteiger partial charge in [-0.3, -0.25) is 0 Å². The molecule has 0 amide bonds. The van der Waals surface area contributed by atoms with Crippen LogP contribution in [0.25, 0.3) is 66.1 Å². The molecule has 3 atom stereocenters. The van der Waals surface area contributed by atoms with Crippen LogP contribution in [0.15, 0.2) is 162 Å². The topological polar surface area (TPSA) is 22.4 Å². The maximum atomic E-state index is 6.91. The van der Waals surface area contributed by atoms with Crippen molar-refractivity contribution < 1.29 is 9.15 Å². The zero-order valence-electron chi connectivity index (χ0n) is 27.3. The van der Waals surface area contributed by atoms with Gasteiger partial charge in [-0.1, -0.05) is 152 Å². The number of rotatable bonds is 3. The van der Waals surface area contributed by atoms with Crippen molar-refractivity contribution in [3.05, 3.63) is 186 Å². The number of fused-ring (bicyclic) bond motifs is 12. The molecule has 2 aliphatic carbocycles. The molecule has 11 rings (SSSR count). The van der Waals surface area contributed by atoms with Crippen LogP contribution in [-0.2, 0) is 6.42 Å². The van der Waals surface area contributed by atoms with Gasteiger partial charge in [0, 0.05) is 34.8 Å².